The summed E-state index contributed by atoms with van der Waals surface area (Å²) in [6.45, 7) is 0.460. The Kier molecular flexibility index (Phi) is 4.36. The van der Waals surface area contributed by atoms with Crippen LogP contribution in [0.4, 0.5) is 5.69 Å². The molecule has 3 aromatic heterocycles. The average molecular weight is 413 g/mol. The lowest BCUT2D eigenvalue weighted by molar-refractivity contribution is 0.0994. The molecule has 0 aliphatic carbocycles. The van der Waals surface area contributed by atoms with Crippen molar-refractivity contribution in [2.24, 2.45) is 0 Å². The van der Waals surface area contributed by atoms with Crippen LogP contribution in [0.3, 0.4) is 0 Å². The van der Waals surface area contributed by atoms with E-state index in [1.807, 2.05) is 24.4 Å². The maximum absolute atomic E-state index is 12.6. The van der Waals surface area contributed by atoms with Crippen LogP contribution in [0.5, 0.6) is 0 Å². The van der Waals surface area contributed by atoms with Gasteiger partial charge in [-0.3, -0.25) is 9.48 Å². The first-order valence-electron chi connectivity index (χ1n) is 7.71. The van der Waals surface area contributed by atoms with Crippen molar-refractivity contribution in [3.63, 3.8) is 0 Å². The molecule has 0 unspecified atom stereocenters. The predicted molar refractivity (Wildman–Crippen MR) is 97.0 cm³/mol. The van der Waals surface area contributed by atoms with Gasteiger partial charge in [0.2, 0.25) is 0 Å². The number of rotatable bonds is 5. The van der Waals surface area contributed by atoms with Crippen molar-refractivity contribution in [1.82, 2.24) is 24.5 Å². The van der Waals surface area contributed by atoms with Gasteiger partial charge in [-0.05, 0) is 36.4 Å². The molecule has 1 aromatic carbocycles. The van der Waals surface area contributed by atoms with E-state index < -0.39 is 0 Å². The van der Waals surface area contributed by atoms with E-state index in [1.165, 1.54) is 6.33 Å². The first-order chi connectivity index (χ1) is 12.7. The second-order valence-corrected chi connectivity index (χ2v) is 6.34. The monoisotopic (exact) mass is 412 g/mol. The van der Waals surface area contributed by atoms with E-state index in [9.17, 15) is 4.79 Å². The Hall–Kier alpha value is -3.20. The van der Waals surface area contributed by atoms with Gasteiger partial charge in [-0.1, -0.05) is 15.9 Å². The van der Waals surface area contributed by atoms with Crippen LogP contribution in [-0.2, 0) is 6.54 Å². The summed E-state index contributed by atoms with van der Waals surface area (Å²) in [5.74, 6) is 0.512. The summed E-state index contributed by atoms with van der Waals surface area (Å²) in [7, 11) is 0. The minimum Gasteiger partial charge on any atom is -0.454 e. The molecule has 0 aliphatic heterocycles. The van der Waals surface area contributed by atoms with Crippen molar-refractivity contribution in [3.05, 3.63) is 77.4 Å². The lowest BCUT2D eigenvalue weighted by Crippen LogP contribution is -2.13. The number of hydrogen-bond acceptors (Lipinski definition) is 5. The van der Waals surface area contributed by atoms with Gasteiger partial charge in [0.1, 0.15) is 18.4 Å². The Bertz CT molecular complexity index is 1020. The summed E-state index contributed by atoms with van der Waals surface area (Å²) >= 11 is 3.41. The van der Waals surface area contributed by atoms with Gasteiger partial charge in [0.25, 0.3) is 5.91 Å². The number of furan rings is 1. The van der Waals surface area contributed by atoms with Crippen molar-refractivity contribution < 1.29 is 9.21 Å². The predicted octanol–water partition coefficient (Wildman–Crippen LogP) is 3.12. The molecule has 0 fully saturated rings. The summed E-state index contributed by atoms with van der Waals surface area (Å²) in [6.07, 6.45) is 6.51. The Morgan fingerprint density at radius 3 is 2.92 bits per heavy atom. The van der Waals surface area contributed by atoms with E-state index >= 15 is 0 Å². The highest BCUT2D eigenvalue weighted by molar-refractivity contribution is 9.10. The lowest BCUT2D eigenvalue weighted by Gasteiger charge is -2.10. The van der Waals surface area contributed by atoms with Crippen LogP contribution in [0.25, 0.3) is 5.69 Å². The molecular formula is C17H13BrN6O2. The van der Waals surface area contributed by atoms with Gasteiger partial charge in [-0.25, -0.2) is 9.67 Å². The molecule has 1 amide bonds. The summed E-state index contributed by atoms with van der Waals surface area (Å²) in [5, 5.41) is 11.1. The molecule has 0 atom stereocenters. The average Bonchev–Trinajstić information content (AvgIpc) is 3.38. The fourth-order valence-electron chi connectivity index (χ4n) is 2.46. The zero-order chi connectivity index (χ0) is 17.9. The van der Waals surface area contributed by atoms with Crippen LogP contribution >= 0.6 is 15.9 Å². The largest absolute Gasteiger partial charge is 0.454 e. The van der Waals surface area contributed by atoms with Crippen LogP contribution < -0.4 is 5.32 Å². The van der Waals surface area contributed by atoms with Crippen molar-refractivity contribution in [2.75, 3.05) is 5.32 Å². The highest BCUT2D eigenvalue weighted by Crippen LogP contribution is 2.25. The van der Waals surface area contributed by atoms with Crippen LogP contribution in [-0.4, -0.2) is 30.5 Å². The van der Waals surface area contributed by atoms with Crippen LogP contribution in [0.2, 0.25) is 0 Å². The van der Waals surface area contributed by atoms with E-state index in [0.717, 1.165) is 4.47 Å². The Balaban J connectivity index is 1.55. The normalized spacial score (nSPS) is 10.8. The number of carbonyl (C=O) groups excluding carboxylic acids is 1. The Labute approximate surface area is 156 Å². The topological polar surface area (TPSA) is 90.8 Å². The smallest absolute Gasteiger partial charge is 0.291 e. The summed E-state index contributed by atoms with van der Waals surface area (Å²) in [4.78, 5) is 16.5. The molecule has 26 heavy (non-hydrogen) atoms. The third-order valence-electron chi connectivity index (χ3n) is 3.63. The highest BCUT2D eigenvalue weighted by atomic mass is 79.9. The third-order valence-corrected chi connectivity index (χ3v) is 4.13. The molecular weight excluding hydrogens is 400 g/mol. The number of benzene rings is 1. The van der Waals surface area contributed by atoms with Gasteiger partial charge in [0, 0.05) is 16.9 Å². The standard InChI is InChI=1S/C17H13BrN6O2/c18-12-2-4-15(24-11-19-10-21-24)14(8-12)22-17(25)16-5-3-13(26-16)9-23-7-1-6-20-23/h1-8,10-11H,9H2,(H,22,25). The maximum atomic E-state index is 12.6. The van der Waals surface area contributed by atoms with E-state index in [1.54, 1.807) is 40.1 Å². The van der Waals surface area contributed by atoms with Gasteiger partial charge >= 0.3 is 0 Å². The molecule has 0 aliphatic rings. The second kappa shape index (κ2) is 6.96. The maximum Gasteiger partial charge on any atom is 0.291 e. The van der Waals surface area contributed by atoms with Gasteiger partial charge in [-0.15, -0.1) is 0 Å². The number of carbonyl (C=O) groups is 1. The Morgan fingerprint density at radius 2 is 2.15 bits per heavy atom. The lowest BCUT2D eigenvalue weighted by atomic mass is 10.2. The molecule has 0 bridgehead atoms. The number of nitrogens with one attached hydrogen (secondary N) is 1. The molecule has 8 nitrogen and oxygen atoms in total. The van der Waals surface area contributed by atoms with Crippen LogP contribution in [0.15, 0.2) is 70.3 Å². The minimum absolute atomic E-state index is 0.219. The molecule has 0 saturated heterocycles. The quantitative estimate of drug-likeness (QED) is 0.543. The van der Waals surface area contributed by atoms with Gasteiger partial charge < -0.3 is 9.73 Å². The number of aromatic nitrogens is 5. The summed E-state index contributed by atoms with van der Waals surface area (Å²) < 4.78 is 9.76. The van der Waals surface area contributed by atoms with Gasteiger partial charge in [0.15, 0.2) is 5.76 Å². The van der Waals surface area contributed by atoms with Crippen molar-refractivity contribution in [3.8, 4) is 5.69 Å². The van der Waals surface area contributed by atoms with Crippen molar-refractivity contribution >= 4 is 27.5 Å². The van der Waals surface area contributed by atoms with Crippen LogP contribution in [0.1, 0.15) is 16.3 Å². The summed E-state index contributed by atoms with van der Waals surface area (Å²) in [5.41, 5.74) is 1.28. The zero-order valence-electron chi connectivity index (χ0n) is 13.4. The highest BCUT2D eigenvalue weighted by Gasteiger charge is 2.15. The summed E-state index contributed by atoms with van der Waals surface area (Å²) in [6, 6.07) is 10.7. The zero-order valence-corrected chi connectivity index (χ0v) is 15.0. The van der Waals surface area contributed by atoms with Gasteiger partial charge in [0.05, 0.1) is 17.9 Å². The van der Waals surface area contributed by atoms with E-state index in [-0.39, 0.29) is 11.7 Å². The Morgan fingerprint density at radius 1 is 1.23 bits per heavy atom. The SMILES string of the molecule is O=C(Nc1cc(Br)ccc1-n1cncn1)c1ccc(Cn2cccn2)o1. The first-order valence-corrected chi connectivity index (χ1v) is 8.50. The number of halogens is 1. The molecule has 0 saturated carbocycles. The first kappa shape index (κ1) is 16.3. The molecule has 3 heterocycles. The molecule has 4 aromatic rings. The van der Waals surface area contributed by atoms with E-state index in [4.69, 9.17) is 4.42 Å². The number of anilines is 1. The van der Waals surface area contributed by atoms with Crippen molar-refractivity contribution in [2.45, 2.75) is 6.54 Å². The molecule has 1 N–H and O–H groups in total. The fourth-order valence-corrected chi connectivity index (χ4v) is 2.82. The van der Waals surface area contributed by atoms with Crippen molar-refractivity contribution in [1.29, 1.82) is 0 Å². The number of nitrogens with zero attached hydrogens (tertiary/aromatic N) is 5. The second-order valence-electron chi connectivity index (χ2n) is 5.43. The molecule has 0 radical (unpaired) electrons. The van der Waals surface area contributed by atoms with E-state index in [2.05, 4.69) is 36.4 Å². The molecule has 130 valence electrons. The number of hydrogen-bond donors (Lipinski definition) is 1. The van der Waals surface area contributed by atoms with Crippen LogP contribution in [0, 0.1) is 0 Å². The molecule has 9 heteroatoms. The molecule has 0 spiro atoms. The van der Waals surface area contributed by atoms with Gasteiger partial charge in [-0.2, -0.15) is 10.2 Å². The third kappa shape index (κ3) is 3.42. The molecule has 4 rings (SSSR count). The van der Waals surface area contributed by atoms with E-state index in [0.29, 0.717) is 23.7 Å². The fraction of sp³-hybridized carbons (Fsp3) is 0.0588. The minimum atomic E-state index is -0.351. The number of amides is 1.